The van der Waals surface area contributed by atoms with Crippen LogP contribution in [0, 0.1) is 0 Å². The third-order valence-corrected chi connectivity index (χ3v) is 3.72. The number of nitrogens with two attached hydrogens (primary N) is 1. The predicted molar refractivity (Wildman–Crippen MR) is 85.8 cm³/mol. The van der Waals surface area contributed by atoms with Gasteiger partial charge < -0.3 is 16.4 Å². The SMILES string of the molecule is NC(=S)Nc1ccccc1C(=O)NC1CCCCCC1. The molecule has 1 fully saturated rings. The molecular weight excluding hydrogens is 270 g/mol. The summed E-state index contributed by atoms with van der Waals surface area (Å²) in [5, 5.41) is 6.14. The zero-order valence-electron chi connectivity index (χ0n) is 11.5. The lowest BCUT2D eigenvalue weighted by Gasteiger charge is -2.17. The van der Waals surface area contributed by atoms with E-state index in [0.717, 1.165) is 12.8 Å². The summed E-state index contributed by atoms with van der Waals surface area (Å²) < 4.78 is 0. The highest BCUT2D eigenvalue weighted by Crippen LogP contribution is 2.19. The van der Waals surface area contributed by atoms with E-state index < -0.39 is 0 Å². The van der Waals surface area contributed by atoms with Crippen LogP contribution in [-0.4, -0.2) is 17.1 Å². The fraction of sp³-hybridized carbons (Fsp3) is 0.467. The summed E-state index contributed by atoms with van der Waals surface area (Å²) in [4.78, 5) is 12.4. The van der Waals surface area contributed by atoms with E-state index in [0.29, 0.717) is 11.3 Å². The van der Waals surface area contributed by atoms with Crippen LogP contribution >= 0.6 is 12.2 Å². The van der Waals surface area contributed by atoms with Crippen molar-refractivity contribution in [2.75, 3.05) is 5.32 Å². The topological polar surface area (TPSA) is 67.1 Å². The number of hydrogen-bond donors (Lipinski definition) is 3. The van der Waals surface area contributed by atoms with E-state index in [1.807, 2.05) is 12.1 Å². The van der Waals surface area contributed by atoms with E-state index in [2.05, 4.69) is 10.6 Å². The number of carbonyl (C=O) groups is 1. The molecule has 2 rings (SSSR count). The lowest BCUT2D eigenvalue weighted by Crippen LogP contribution is -2.35. The Bertz CT molecular complexity index is 482. The number of thiocarbonyl (C=S) groups is 1. The Balaban J connectivity index is 2.06. The molecule has 1 aromatic carbocycles. The zero-order valence-corrected chi connectivity index (χ0v) is 12.3. The van der Waals surface area contributed by atoms with Crippen LogP contribution in [0.4, 0.5) is 5.69 Å². The summed E-state index contributed by atoms with van der Waals surface area (Å²) >= 11 is 4.84. The van der Waals surface area contributed by atoms with E-state index in [9.17, 15) is 4.79 Å². The first-order valence-corrected chi connectivity index (χ1v) is 7.54. The summed E-state index contributed by atoms with van der Waals surface area (Å²) in [6, 6.07) is 7.56. The van der Waals surface area contributed by atoms with Crippen molar-refractivity contribution in [1.82, 2.24) is 5.32 Å². The van der Waals surface area contributed by atoms with Gasteiger partial charge in [0.25, 0.3) is 5.91 Å². The normalized spacial score (nSPS) is 16.2. The Morgan fingerprint density at radius 2 is 1.80 bits per heavy atom. The molecule has 4 N–H and O–H groups in total. The maximum Gasteiger partial charge on any atom is 0.253 e. The van der Waals surface area contributed by atoms with E-state index in [-0.39, 0.29) is 17.1 Å². The molecule has 0 saturated heterocycles. The van der Waals surface area contributed by atoms with Crippen molar-refractivity contribution in [1.29, 1.82) is 0 Å². The minimum atomic E-state index is -0.0590. The molecule has 0 aromatic heterocycles. The second-order valence-electron chi connectivity index (χ2n) is 5.20. The van der Waals surface area contributed by atoms with Gasteiger partial charge in [0, 0.05) is 6.04 Å². The molecule has 20 heavy (non-hydrogen) atoms. The third kappa shape index (κ3) is 4.20. The summed E-state index contributed by atoms with van der Waals surface area (Å²) in [6.45, 7) is 0. The molecule has 1 aromatic rings. The van der Waals surface area contributed by atoms with Gasteiger partial charge in [0.2, 0.25) is 0 Å². The average molecular weight is 291 g/mol. The molecule has 1 amide bonds. The van der Waals surface area contributed by atoms with Gasteiger partial charge in [0.15, 0.2) is 5.11 Å². The molecule has 0 radical (unpaired) electrons. The van der Waals surface area contributed by atoms with Crippen LogP contribution in [0.25, 0.3) is 0 Å². The van der Waals surface area contributed by atoms with E-state index in [4.69, 9.17) is 18.0 Å². The number of anilines is 1. The maximum absolute atomic E-state index is 12.4. The van der Waals surface area contributed by atoms with Gasteiger partial charge in [-0.3, -0.25) is 4.79 Å². The molecule has 4 nitrogen and oxygen atoms in total. The maximum atomic E-state index is 12.4. The Labute approximate surface area is 125 Å². The number of benzene rings is 1. The first kappa shape index (κ1) is 14.8. The van der Waals surface area contributed by atoms with Crippen molar-refractivity contribution in [2.24, 2.45) is 5.73 Å². The molecule has 108 valence electrons. The Kier molecular flexibility index (Phi) is 5.35. The van der Waals surface area contributed by atoms with Crippen molar-refractivity contribution >= 4 is 28.9 Å². The Morgan fingerprint density at radius 1 is 1.15 bits per heavy atom. The molecular formula is C15H21N3OS. The summed E-state index contributed by atoms with van der Waals surface area (Å²) in [6.07, 6.45) is 7.06. The highest BCUT2D eigenvalue weighted by molar-refractivity contribution is 7.80. The van der Waals surface area contributed by atoms with Gasteiger partial charge >= 0.3 is 0 Å². The third-order valence-electron chi connectivity index (χ3n) is 3.62. The number of amides is 1. The standard InChI is InChI=1S/C15H21N3OS/c16-15(20)18-13-10-6-5-9-12(13)14(19)17-11-7-3-1-2-4-8-11/h5-6,9-11H,1-4,7-8H2,(H,17,19)(H3,16,18,20). The zero-order chi connectivity index (χ0) is 14.4. The molecule has 5 heteroatoms. The van der Waals surface area contributed by atoms with Crippen LogP contribution in [0.1, 0.15) is 48.9 Å². The number of para-hydroxylation sites is 1. The molecule has 0 unspecified atom stereocenters. The van der Waals surface area contributed by atoms with Gasteiger partial charge in [-0.25, -0.2) is 0 Å². The highest BCUT2D eigenvalue weighted by Gasteiger charge is 2.17. The molecule has 0 bridgehead atoms. The van der Waals surface area contributed by atoms with Gasteiger partial charge in [0.05, 0.1) is 11.3 Å². The van der Waals surface area contributed by atoms with Gasteiger partial charge in [-0.15, -0.1) is 0 Å². The first-order valence-electron chi connectivity index (χ1n) is 7.13. The van der Waals surface area contributed by atoms with Crippen LogP contribution in [0.2, 0.25) is 0 Å². The van der Waals surface area contributed by atoms with Crippen LogP contribution < -0.4 is 16.4 Å². The Morgan fingerprint density at radius 3 is 2.45 bits per heavy atom. The van der Waals surface area contributed by atoms with Gasteiger partial charge in [-0.1, -0.05) is 37.8 Å². The second kappa shape index (κ2) is 7.24. The number of hydrogen-bond acceptors (Lipinski definition) is 2. The molecule has 0 spiro atoms. The van der Waals surface area contributed by atoms with Gasteiger partial charge in [-0.05, 0) is 37.2 Å². The quantitative estimate of drug-likeness (QED) is 0.592. The minimum Gasteiger partial charge on any atom is -0.376 e. The smallest absolute Gasteiger partial charge is 0.253 e. The van der Waals surface area contributed by atoms with Crippen molar-refractivity contribution in [3.63, 3.8) is 0 Å². The van der Waals surface area contributed by atoms with Crippen molar-refractivity contribution < 1.29 is 4.79 Å². The van der Waals surface area contributed by atoms with Crippen LogP contribution in [0.15, 0.2) is 24.3 Å². The Hall–Kier alpha value is -1.62. The van der Waals surface area contributed by atoms with E-state index in [1.165, 1.54) is 25.7 Å². The van der Waals surface area contributed by atoms with Crippen molar-refractivity contribution in [3.05, 3.63) is 29.8 Å². The fourth-order valence-electron chi connectivity index (χ4n) is 2.61. The lowest BCUT2D eigenvalue weighted by molar-refractivity contribution is 0.0934. The molecule has 1 saturated carbocycles. The number of nitrogens with one attached hydrogen (secondary N) is 2. The summed E-state index contributed by atoms with van der Waals surface area (Å²) in [7, 11) is 0. The van der Waals surface area contributed by atoms with E-state index >= 15 is 0 Å². The van der Waals surface area contributed by atoms with Crippen molar-refractivity contribution in [3.8, 4) is 0 Å². The second-order valence-corrected chi connectivity index (χ2v) is 5.64. The number of rotatable bonds is 3. The van der Waals surface area contributed by atoms with Crippen molar-refractivity contribution in [2.45, 2.75) is 44.6 Å². The first-order chi connectivity index (χ1) is 9.66. The predicted octanol–water partition coefficient (Wildman–Crippen LogP) is 2.79. The molecule has 1 aliphatic carbocycles. The molecule has 0 atom stereocenters. The average Bonchev–Trinajstić information content (AvgIpc) is 2.67. The molecule has 0 aliphatic heterocycles. The van der Waals surface area contributed by atoms with Gasteiger partial charge in [0.1, 0.15) is 0 Å². The summed E-state index contributed by atoms with van der Waals surface area (Å²) in [5.41, 5.74) is 6.73. The minimum absolute atomic E-state index is 0.0590. The monoisotopic (exact) mass is 291 g/mol. The van der Waals surface area contributed by atoms with Crippen LogP contribution in [0.5, 0.6) is 0 Å². The molecule has 0 heterocycles. The van der Waals surface area contributed by atoms with E-state index in [1.54, 1.807) is 12.1 Å². The highest BCUT2D eigenvalue weighted by atomic mass is 32.1. The molecule has 1 aliphatic rings. The van der Waals surface area contributed by atoms with Gasteiger partial charge in [-0.2, -0.15) is 0 Å². The summed E-state index contributed by atoms with van der Waals surface area (Å²) in [5.74, 6) is -0.0590. The fourth-order valence-corrected chi connectivity index (χ4v) is 2.72. The largest absolute Gasteiger partial charge is 0.376 e. The lowest BCUT2D eigenvalue weighted by atomic mass is 10.1. The van der Waals surface area contributed by atoms with Crippen LogP contribution in [-0.2, 0) is 0 Å². The van der Waals surface area contributed by atoms with Crippen LogP contribution in [0.3, 0.4) is 0 Å². The number of carbonyl (C=O) groups excluding carboxylic acids is 1.